The molecule has 0 fully saturated rings. The van der Waals surface area contributed by atoms with Crippen LogP contribution in [0.3, 0.4) is 0 Å². The summed E-state index contributed by atoms with van der Waals surface area (Å²) < 4.78 is 10.9. The molecule has 1 rings (SSSR count). The lowest BCUT2D eigenvalue weighted by Gasteiger charge is -2.17. The highest BCUT2D eigenvalue weighted by molar-refractivity contribution is 14.0. The third kappa shape index (κ3) is 9.65. The Labute approximate surface area is 157 Å². The Bertz CT molecular complexity index is 467. The van der Waals surface area contributed by atoms with Gasteiger partial charge in [-0.1, -0.05) is 26.0 Å². The first kappa shape index (κ1) is 22.0. The van der Waals surface area contributed by atoms with Gasteiger partial charge in [-0.2, -0.15) is 0 Å². The second-order valence-electron chi connectivity index (χ2n) is 5.78. The number of hydrogen-bond acceptors (Lipinski definition) is 3. The molecule has 0 aliphatic heterocycles. The number of nitrogens with one attached hydrogen (secondary N) is 2. The minimum Gasteiger partial charge on any atom is -0.493 e. The van der Waals surface area contributed by atoms with Crippen LogP contribution >= 0.6 is 24.0 Å². The normalized spacial score (nSPS) is 12.5. The summed E-state index contributed by atoms with van der Waals surface area (Å²) in [4.78, 5) is 4.21. The van der Waals surface area contributed by atoms with Gasteiger partial charge in [0.05, 0.1) is 13.2 Å². The van der Waals surface area contributed by atoms with Gasteiger partial charge < -0.3 is 20.1 Å². The molecule has 132 valence electrons. The van der Waals surface area contributed by atoms with E-state index in [1.54, 1.807) is 14.2 Å². The molecule has 0 bridgehead atoms. The van der Waals surface area contributed by atoms with Crippen molar-refractivity contribution in [3.8, 4) is 5.75 Å². The van der Waals surface area contributed by atoms with Crippen LogP contribution in [-0.4, -0.2) is 39.4 Å². The van der Waals surface area contributed by atoms with E-state index in [9.17, 15) is 0 Å². The van der Waals surface area contributed by atoms with Gasteiger partial charge in [0.15, 0.2) is 5.96 Å². The number of hydrogen-bond donors (Lipinski definition) is 2. The number of rotatable bonds is 8. The molecule has 0 spiro atoms. The van der Waals surface area contributed by atoms with E-state index in [0.717, 1.165) is 23.9 Å². The lowest BCUT2D eigenvalue weighted by atomic mass is 10.2. The zero-order valence-electron chi connectivity index (χ0n) is 14.8. The van der Waals surface area contributed by atoms with E-state index in [-0.39, 0.29) is 30.0 Å². The second kappa shape index (κ2) is 12.4. The lowest BCUT2D eigenvalue weighted by molar-refractivity contribution is 0.179. The third-order valence-electron chi connectivity index (χ3n) is 2.97. The van der Waals surface area contributed by atoms with E-state index in [0.29, 0.717) is 19.1 Å². The predicted octanol–water partition coefficient (Wildman–Crippen LogP) is 3.04. The summed E-state index contributed by atoms with van der Waals surface area (Å²) in [5.74, 6) is 2.19. The van der Waals surface area contributed by atoms with Crippen molar-refractivity contribution in [1.29, 1.82) is 0 Å². The van der Waals surface area contributed by atoms with Crippen molar-refractivity contribution in [2.45, 2.75) is 33.4 Å². The van der Waals surface area contributed by atoms with Gasteiger partial charge in [-0.05, 0) is 30.5 Å². The van der Waals surface area contributed by atoms with Crippen LogP contribution in [0.5, 0.6) is 5.75 Å². The highest BCUT2D eigenvalue weighted by Crippen LogP contribution is 2.14. The molecule has 0 heterocycles. The summed E-state index contributed by atoms with van der Waals surface area (Å²) in [6.07, 6.45) is 0. The van der Waals surface area contributed by atoms with Crippen LogP contribution in [-0.2, 0) is 11.3 Å². The Morgan fingerprint density at radius 1 is 1.22 bits per heavy atom. The van der Waals surface area contributed by atoms with Gasteiger partial charge in [-0.3, -0.25) is 4.99 Å². The smallest absolute Gasteiger partial charge is 0.191 e. The zero-order chi connectivity index (χ0) is 16.4. The van der Waals surface area contributed by atoms with Gasteiger partial charge in [0.2, 0.25) is 0 Å². The van der Waals surface area contributed by atoms with E-state index in [2.05, 4.69) is 48.5 Å². The topological polar surface area (TPSA) is 54.9 Å². The molecule has 0 aromatic heterocycles. The maximum absolute atomic E-state index is 5.75. The molecule has 1 unspecified atom stereocenters. The standard InChI is InChI=1S/C17H29N3O2.HI/c1-13(2)11-22-16-8-6-7-15(9-16)10-19-17(18-4)20-14(3)12-21-5;/h6-9,13-14H,10-12H2,1-5H3,(H2,18,19,20);1H. The van der Waals surface area contributed by atoms with E-state index in [1.165, 1.54) is 0 Å². The number of methoxy groups -OCH3 is 1. The van der Waals surface area contributed by atoms with Crippen molar-refractivity contribution >= 4 is 29.9 Å². The molecule has 0 radical (unpaired) electrons. The van der Waals surface area contributed by atoms with Gasteiger partial charge in [0, 0.05) is 26.7 Å². The Kier molecular flexibility index (Phi) is 11.9. The highest BCUT2D eigenvalue weighted by Gasteiger charge is 2.05. The van der Waals surface area contributed by atoms with Crippen molar-refractivity contribution in [2.24, 2.45) is 10.9 Å². The molecule has 1 aromatic rings. The van der Waals surface area contributed by atoms with Crippen LogP contribution < -0.4 is 15.4 Å². The molecule has 0 aliphatic carbocycles. The van der Waals surface area contributed by atoms with Crippen LogP contribution in [0.2, 0.25) is 0 Å². The van der Waals surface area contributed by atoms with E-state index < -0.39 is 0 Å². The number of aliphatic imine (C=N–C) groups is 1. The molecule has 1 aromatic carbocycles. The van der Waals surface area contributed by atoms with Crippen LogP contribution in [0.15, 0.2) is 29.3 Å². The molecule has 5 nitrogen and oxygen atoms in total. The molecule has 1 atom stereocenters. The minimum atomic E-state index is 0. The summed E-state index contributed by atoms with van der Waals surface area (Å²) in [5, 5.41) is 6.57. The van der Waals surface area contributed by atoms with Gasteiger partial charge in [0.1, 0.15) is 5.75 Å². The lowest BCUT2D eigenvalue weighted by Crippen LogP contribution is -2.43. The first-order valence-electron chi connectivity index (χ1n) is 7.73. The Balaban J connectivity index is 0.00000484. The summed E-state index contributed by atoms with van der Waals surface area (Å²) in [5.41, 5.74) is 1.16. The molecular formula is C17H30IN3O2. The number of ether oxygens (including phenoxy) is 2. The second-order valence-corrected chi connectivity index (χ2v) is 5.78. The maximum Gasteiger partial charge on any atom is 0.191 e. The molecule has 6 heteroatoms. The van der Waals surface area contributed by atoms with Crippen molar-refractivity contribution in [3.63, 3.8) is 0 Å². The molecular weight excluding hydrogens is 405 g/mol. The predicted molar refractivity (Wildman–Crippen MR) is 107 cm³/mol. The first-order chi connectivity index (χ1) is 10.5. The molecule has 0 saturated carbocycles. The fraction of sp³-hybridized carbons (Fsp3) is 0.588. The van der Waals surface area contributed by atoms with Crippen LogP contribution in [0, 0.1) is 5.92 Å². The number of benzene rings is 1. The van der Waals surface area contributed by atoms with Crippen LogP contribution in [0.4, 0.5) is 0 Å². The van der Waals surface area contributed by atoms with Gasteiger partial charge in [0.25, 0.3) is 0 Å². The van der Waals surface area contributed by atoms with Crippen LogP contribution in [0.25, 0.3) is 0 Å². The SMILES string of the molecule is CN=C(NCc1cccc(OCC(C)C)c1)NC(C)COC.I. The number of nitrogens with zero attached hydrogens (tertiary/aromatic N) is 1. The maximum atomic E-state index is 5.75. The fourth-order valence-corrected chi connectivity index (χ4v) is 1.91. The monoisotopic (exact) mass is 435 g/mol. The van der Waals surface area contributed by atoms with E-state index in [1.807, 2.05) is 12.1 Å². The Morgan fingerprint density at radius 2 is 1.96 bits per heavy atom. The van der Waals surface area contributed by atoms with Crippen LogP contribution in [0.1, 0.15) is 26.3 Å². The minimum absolute atomic E-state index is 0. The molecule has 2 N–H and O–H groups in total. The van der Waals surface area contributed by atoms with Gasteiger partial charge in [-0.25, -0.2) is 0 Å². The van der Waals surface area contributed by atoms with Crippen molar-refractivity contribution in [3.05, 3.63) is 29.8 Å². The Morgan fingerprint density at radius 3 is 2.57 bits per heavy atom. The summed E-state index contributed by atoms with van der Waals surface area (Å²) in [6.45, 7) is 8.40. The largest absolute Gasteiger partial charge is 0.493 e. The number of halogens is 1. The summed E-state index contributed by atoms with van der Waals surface area (Å²) in [6, 6.07) is 8.33. The zero-order valence-corrected chi connectivity index (χ0v) is 17.1. The molecule has 0 saturated heterocycles. The summed E-state index contributed by atoms with van der Waals surface area (Å²) >= 11 is 0. The Hall–Kier alpha value is -1.02. The fourth-order valence-electron chi connectivity index (χ4n) is 1.91. The van der Waals surface area contributed by atoms with Crippen molar-refractivity contribution in [2.75, 3.05) is 27.4 Å². The van der Waals surface area contributed by atoms with E-state index >= 15 is 0 Å². The highest BCUT2D eigenvalue weighted by atomic mass is 127. The van der Waals surface area contributed by atoms with Gasteiger partial charge >= 0.3 is 0 Å². The molecule has 23 heavy (non-hydrogen) atoms. The van der Waals surface area contributed by atoms with Crippen molar-refractivity contribution in [1.82, 2.24) is 10.6 Å². The average molecular weight is 435 g/mol. The first-order valence-corrected chi connectivity index (χ1v) is 7.73. The quantitative estimate of drug-likeness (QED) is 0.375. The average Bonchev–Trinajstić information content (AvgIpc) is 2.50. The molecule has 0 amide bonds. The third-order valence-corrected chi connectivity index (χ3v) is 2.97. The summed E-state index contributed by atoms with van der Waals surface area (Å²) in [7, 11) is 3.45. The number of guanidine groups is 1. The molecule has 0 aliphatic rings. The van der Waals surface area contributed by atoms with E-state index in [4.69, 9.17) is 9.47 Å². The van der Waals surface area contributed by atoms with Crippen molar-refractivity contribution < 1.29 is 9.47 Å². The van der Waals surface area contributed by atoms with Gasteiger partial charge in [-0.15, -0.1) is 24.0 Å².